The van der Waals surface area contributed by atoms with Crippen molar-refractivity contribution in [2.24, 2.45) is 0 Å². The number of rotatable bonds is 4. The normalized spacial score (nSPS) is 20.7. The molecule has 3 rings (SSSR count). The van der Waals surface area contributed by atoms with Gasteiger partial charge in [-0.05, 0) is 42.3 Å². The molecule has 104 valence electrons. The van der Waals surface area contributed by atoms with Gasteiger partial charge in [0.15, 0.2) is 0 Å². The second kappa shape index (κ2) is 5.68. The number of benzene rings is 2. The van der Waals surface area contributed by atoms with Gasteiger partial charge in [-0.15, -0.1) is 0 Å². The molecular formula is C18H21NO. The van der Waals surface area contributed by atoms with E-state index in [0.29, 0.717) is 0 Å². The Bertz CT molecular complexity index is 576. The van der Waals surface area contributed by atoms with Crippen LogP contribution < -0.4 is 10.1 Å². The van der Waals surface area contributed by atoms with Gasteiger partial charge < -0.3 is 10.1 Å². The van der Waals surface area contributed by atoms with Gasteiger partial charge in [-0.25, -0.2) is 0 Å². The van der Waals surface area contributed by atoms with Crippen molar-refractivity contribution in [3.63, 3.8) is 0 Å². The summed E-state index contributed by atoms with van der Waals surface area (Å²) in [6, 6.07) is 17.3. The molecule has 0 saturated carbocycles. The molecule has 0 radical (unpaired) electrons. The minimum Gasteiger partial charge on any atom is -0.488 e. The summed E-state index contributed by atoms with van der Waals surface area (Å²) in [5, 5.41) is 3.39. The second-order valence-corrected chi connectivity index (χ2v) is 5.32. The van der Waals surface area contributed by atoms with Gasteiger partial charge in [-0.2, -0.15) is 0 Å². The fourth-order valence-electron chi connectivity index (χ4n) is 2.99. The van der Waals surface area contributed by atoms with Crippen molar-refractivity contribution >= 4 is 0 Å². The Morgan fingerprint density at radius 2 is 1.85 bits per heavy atom. The van der Waals surface area contributed by atoms with Crippen molar-refractivity contribution in [3.8, 4) is 5.75 Å². The van der Waals surface area contributed by atoms with Gasteiger partial charge >= 0.3 is 0 Å². The molecule has 20 heavy (non-hydrogen) atoms. The molecular weight excluding hydrogens is 246 g/mol. The van der Waals surface area contributed by atoms with E-state index in [4.69, 9.17) is 4.74 Å². The van der Waals surface area contributed by atoms with E-state index < -0.39 is 0 Å². The molecule has 0 aromatic heterocycles. The lowest BCUT2D eigenvalue weighted by Crippen LogP contribution is -2.30. The summed E-state index contributed by atoms with van der Waals surface area (Å²) in [6.45, 7) is 2.17. The zero-order chi connectivity index (χ0) is 13.9. The van der Waals surface area contributed by atoms with E-state index in [1.165, 1.54) is 16.7 Å². The summed E-state index contributed by atoms with van der Waals surface area (Å²) in [5.41, 5.74) is 4.10. The molecule has 0 amide bonds. The molecule has 0 bridgehead atoms. The van der Waals surface area contributed by atoms with Crippen molar-refractivity contribution < 1.29 is 4.74 Å². The van der Waals surface area contributed by atoms with Gasteiger partial charge in [-0.3, -0.25) is 0 Å². The molecule has 2 unspecified atom stereocenters. The maximum Gasteiger partial charge on any atom is 0.122 e. The summed E-state index contributed by atoms with van der Waals surface area (Å²) in [4.78, 5) is 0. The first-order valence-electron chi connectivity index (χ1n) is 7.32. The van der Waals surface area contributed by atoms with Crippen LogP contribution >= 0.6 is 0 Å². The molecule has 2 nitrogen and oxygen atoms in total. The Labute approximate surface area is 120 Å². The minimum absolute atomic E-state index is 0.171. The molecule has 2 aromatic carbocycles. The summed E-state index contributed by atoms with van der Waals surface area (Å²) in [7, 11) is 2.00. The first-order chi connectivity index (χ1) is 9.81. The zero-order valence-corrected chi connectivity index (χ0v) is 12.1. The van der Waals surface area contributed by atoms with Crippen molar-refractivity contribution in [2.75, 3.05) is 7.05 Å². The van der Waals surface area contributed by atoms with Crippen LogP contribution in [0.3, 0.4) is 0 Å². The molecule has 2 atom stereocenters. The Kier molecular flexibility index (Phi) is 3.75. The number of likely N-dealkylation sites (N-methyl/N-ethyl adjacent to an activating group) is 1. The van der Waals surface area contributed by atoms with Crippen molar-refractivity contribution in [3.05, 3.63) is 65.2 Å². The topological polar surface area (TPSA) is 21.3 Å². The van der Waals surface area contributed by atoms with E-state index in [9.17, 15) is 0 Å². The van der Waals surface area contributed by atoms with Crippen LogP contribution in [0.5, 0.6) is 5.75 Å². The fourth-order valence-corrected chi connectivity index (χ4v) is 2.99. The fraction of sp³-hybridized carbons (Fsp3) is 0.333. The quantitative estimate of drug-likeness (QED) is 0.915. The van der Waals surface area contributed by atoms with E-state index in [0.717, 1.165) is 18.6 Å². The Morgan fingerprint density at radius 1 is 1.10 bits per heavy atom. The first-order valence-corrected chi connectivity index (χ1v) is 7.32. The van der Waals surface area contributed by atoms with Crippen LogP contribution in [0.25, 0.3) is 0 Å². The highest BCUT2D eigenvalue weighted by Crippen LogP contribution is 2.33. The molecule has 2 heteroatoms. The van der Waals surface area contributed by atoms with Crippen LogP contribution in [0.4, 0.5) is 0 Å². The van der Waals surface area contributed by atoms with Crippen LogP contribution in [-0.2, 0) is 12.8 Å². The van der Waals surface area contributed by atoms with E-state index in [1.54, 1.807) is 0 Å². The predicted octanol–water partition coefficient (Wildman–Crippen LogP) is 3.51. The highest BCUT2D eigenvalue weighted by Gasteiger charge is 2.32. The molecule has 0 spiro atoms. The number of hydrogen-bond donors (Lipinski definition) is 1. The maximum absolute atomic E-state index is 6.20. The number of ether oxygens (including phenoxy) is 1. The third-order valence-corrected chi connectivity index (χ3v) is 4.11. The summed E-state index contributed by atoms with van der Waals surface area (Å²) >= 11 is 0. The smallest absolute Gasteiger partial charge is 0.122 e. The van der Waals surface area contributed by atoms with Gasteiger partial charge in [0.05, 0.1) is 6.04 Å². The number of hydrogen-bond acceptors (Lipinski definition) is 2. The van der Waals surface area contributed by atoms with E-state index in [1.807, 2.05) is 7.05 Å². The monoisotopic (exact) mass is 267 g/mol. The van der Waals surface area contributed by atoms with E-state index in [-0.39, 0.29) is 12.1 Å². The number of fused-ring (bicyclic) bond motifs is 1. The Balaban J connectivity index is 1.78. The highest BCUT2D eigenvalue weighted by atomic mass is 16.5. The number of aryl methyl sites for hydroxylation is 1. The van der Waals surface area contributed by atoms with Crippen LogP contribution in [-0.4, -0.2) is 13.2 Å². The SMILES string of the molecule is CCc1ccc(OC2Cc3ccccc3C2NC)cc1. The minimum atomic E-state index is 0.171. The highest BCUT2D eigenvalue weighted by molar-refractivity contribution is 5.37. The van der Waals surface area contributed by atoms with Crippen molar-refractivity contribution in [1.82, 2.24) is 5.32 Å². The second-order valence-electron chi connectivity index (χ2n) is 5.32. The van der Waals surface area contributed by atoms with Crippen LogP contribution in [0.2, 0.25) is 0 Å². The van der Waals surface area contributed by atoms with Crippen LogP contribution in [0, 0.1) is 0 Å². The molecule has 1 aliphatic carbocycles. The zero-order valence-electron chi connectivity index (χ0n) is 12.1. The van der Waals surface area contributed by atoms with Gasteiger partial charge in [0.1, 0.15) is 11.9 Å². The number of nitrogens with one attached hydrogen (secondary N) is 1. The molecule has 0 heterocycles. The predicted molar refractivity (Wildman–Crippen MR) is 82.2 cm³/mol. The van der Waals surface area contributed by atoms with Crippen LogP contribution in [0.15, 0.2) is 48.5 Å². The molecule has 1 N–H and O–H groups in total. The van der Waals surface area contributed by atoms with E-state index >= 15 is 0 Å². The summed E-state index contributed by atoms with van der Waals surface area (Å²) in [6.07, 6.45) is 2.20. The average Bonchev–Trinajstić information content (AvgIpc) is 2.85. The van der Waals surface area contributed by atoms with Gasteiger partial charge in [0, 0.05) is 6.42 Å². The van der Waals surface area contributed by atoms with Crippen molar-refractivity contribution in [1.29, 1.82) is 0 Å². The third kappa shape index (κ3) is 2.44. The maximum atomic E-state index is 6.20. The Morgan fingerprint density at radius 3 is 2.55 bits per heavy atom. The first kappa shape index (κ1) is 13.2. The van der Waals surface area contributed by atoms with Gasteiger partial charge in [0.25, 0.3) is 0 Å². The van der Waals surface area contributed by atoms with E-state index in [2.05, 4.69) is 60.8 Å². The molecule has 1 aliphatic rings. The Hall–Kier alpha value is -1.80. The lowest BCUT2D eigenvalue weighted by Gasteiger charge is -2.21. The average molecular weight is 267 g/mol. The lowest BCUT2D eigenvalue weighted by atomic mass is 10.1. The summed E-state index contributed by atoms with van der Waals surface area (Å²) < 4.78 is 6.20. The third-order valence-electron chi connectivity index (χ3n) is 4.11. The molecule has 0 fully saturated rings. The van der Waals surface area contributed by atoms with Crippen molar-refractivity contribution in [2.45, 2.75) is 31.9 Å². The molecule has 2 aromatic rings. The molecule has 0 aliphatic heterocycles. The van der Waals surface area contributed by atoms with Gasteiger partial charge in [0.2, 0.25) is 0 Å². The van der Waals surface area contributed by atoms with Crippen LogP contribution in [0.1, 0.15) is 29.7 Å². The van der Waals surface area contributed by atoms with Gasteiger partial charge in [-0.1, -0.05) is 43.3 Å². The molecule has 0 saturated heterocycles. The lowest BCUT2D eigenvalue weighted by molar-refractivity contribution is 0.171. The largest absolute Gasteiger partial charge is 0.488 e. The standard InChI is InChI=1S/C18H21NO/c1-3-13-8-10-15(11-9-13)20-17-12-14-6-4-5-7-16(14)18(17)19-2/h4-11,17-19H,3,12H2,1-2H3. The summed E-state index contributed by atoms with van der Waals surface area (Å²) in [5.74, 6) is 0.959.